The van der Waals surface area contributed by atoms with E-state index in [4.69, 9.17) is 0 Å². The van der Waals surface area contributed by atoms with Crippen molar-refractivity contribution in [2.75, 3.05) is 0 Å². The molecular weight excluding hydrogens is 200 g/mol. The third-order valence-corrected chi connectivity index (χ3v) is 3.30. The van der Waals surface area contributed by atoms with E-state index in [-0.39, 0.29) is 0 Å². The third kappa shape index (κ3) is 1.55. The zero-order chi connectivity index (χ0) is 10.1. The monoisotopic (exact) mass is 209 g/mol. The zero-order valence-electron chi connectivity index (χ0n) is 8.10. The highest BCUT2D eigenvalue weighted by Gasteiger charge is 1.99. The normalized spacial score (nSPS) is 10.7. The predicted molar refractivity (Wildman–Crippen MR) is 66.1 cm³/mol. The lowest BCUT2D eigenvalue weighted by Gasteiger charge is -2.00. The molecule has 3 rings (SSSR count). The second kappa shape index (κ2) is 3.52. The molecule has 0 fully saturated rings. The molecule has 2 aromatic carbocycles. The summed E-state index contributed by atoms with van der Waals surface area (Å²) in [6.45, 7) is 0. The van der Waals surface area contributed by atoms with Crippen molar-refractivity contribution in [2.24, 2.45) is 0 Å². The van der Waals surface area contributed by atoms with Crippen LogP contribution in [0.5, 0.6) is 0 Å². The molecule has 1 heteroatoms. The van der Waals surface area contributed by atoms with Crippen molar-refractivity contribution in [2.45, 2.75) is 0 Å². The first kappa shape index (κ1) is 8.69. The van der Waals surface area contributed by atoms with Crippen molar-refractivity contribution >= 4 is 21.4 Å². The van der Waals surface area contributed by atoms with Gasteiger partial charge in [0.25, 0.3) is 0 Å². The Balaban J connectivity index is 2.19. The van der Waals surface area contributed by atoms with Crippen LogP contribution in [0.2, 0.25) is 0 Å². The summed E-state index contributed by atoms with van der Waals surface area (Å²) >= 11 is 1.74. The number of thiophene rings is 1. The largest absolute Gasteiger partial charge is 0.143 e. The lowest BCUT2D eigenvalue weighted by atomic mass is 10.1. The van der Waals surface area contributed by atoms with Gasteiger partial charge in [0.2, 0.25) is 0 Å². The summed E-state index contributed by atoms with van der Waals surface area (Å²) < 4.78 is 1.23. The van der Waals surface area contributed by atoms with Crippen LogP contribution in [0.3, 0.4) is 0 Å². The van der Waals surface area contributed by atoms with Crippen LogP contribution in [0.25, 0.3) is 21.2 Å². The molecule has 0 spiro atoms. The van der Waals surface area contributed by atoms with Crippen LogP contribution >= 0.6 is 11.3 Å². The minimum Gasteiger partial charge on any atom is -0.143 e. The first-order valence-electron chi connectivity index (χ1n) is 4.88. The summed E-state index contributed by atoms with van der Waals surface area (Å²) in [4.78, 5) is 0. The van der Waals surface area contributed by atoms with E-state index < -0.39 is 0 Å². The highest BCUT2D eigenvalue weighted by molar-refractivity contribution is 7.17. The summed E-state index contributed by atoms with van der Waals surface area (Å²) in [7, 11) is 0. The van der Waals surface area contributed by atoms with Crippen LogP contribution in [-0.4, -0.2) is 0 Å². The fourth-order valence-electron chi connectivity index (χ4n) is 1.68. The van der Waals surface area contributed by atoms with Gasteiger partial charge in [-0.25, -0.2) is 0 Å². The van der Waals surface area contributed by atoms with Crippen molar-refractivity contribution in [1.82, 2.24) is 0 Å². The molecule has 0 saturated carbocycles. The Kier molecular flexibility index (Phi) is 2.04. The second-order valence-corrected chi connectivity index (χ2v) is 4.36. The third-order valence-electron chi connectivity index (χ3n) is 2.46. The molecule has 0 aliphatic carbocycles. The lowest BCUT2D eigenvalue weighted by Crippen LogP contribution is -1.75. The number of rotatable bonds is 1. The van der Waals surface area contributed by atoms with Crippen LogP contribution in [0.1, 0.15) is 0 Å². The van der Waals surface area contributed by atoms with Gasteiger partial charge in [-0.3, -0.25) is 0 Å². The fourth-order valence-corrected chi connectivity index (χ4v) is 2.47. The average molecular weight is 209 g/mol. The quantitative estimate of drug-likeness (QED) is 0.558. The maximum absolute atomic E-state index is 3.44. The Bertz CT molecular complexity index is 578. The average Bonchev–Trinajstić information content (AvgIpc) is 2.77. The van der Waals surface area contributed by atoms with E-state index in [0.29, 0.717) is 0 Å². The number of fused-ring (bicyclic) bond motifs is 1. The van der Waals surface area contributed by atoms with E-state index in [0.717, 1.165) is 0 Å². The molecule has 0 N–H and O–H groups in total. The molecular formula is C14H9S. The standard InChI is InChI=1S/C14H9S/c1-2-4-11(5-3-1)13-7-6-12-8-9-15-14(12)10-13/h1-9H. The van der Waals surface area contributed by atoms with Gasteiger partial charge >= 0.3 is 0 Å². The van der Waals surface area contributed by atoms with Gasteiger partial charge in [-0.2, -0.15) is 0 Å². The molecule has 0 nitrogen and oxygen atoms in total. The molecule has 1 aromatic heterocycles. The van der Waals surface area contributed by atoms with Gasteiger partial charge in [0.05, 0.1) is 0 Å². The van der Waals surface area contributed by atoms with Crippen LogP contribution < -0.4 is 0 Å². The molecule has 0 amide bonds. The maximum Gasteiger partial charge on any atom is 0.0428 e. The van der Waals surface area contributed by atoms with Gasteiger partial charge in [0.1, 0.15) is 0 Å². The van der Waals surface area contributed by atoms with Gasteiger partial charge in [0.15, 0.2) is 0 Å². The first-order valence-corrected chi connectivity index (χ1v) is 5.76. The van der Waals surface area contributed by atoms with Crippen LogP contribution in [0.15, 0.2) is 53.9 Å². The van der Waals surface area contributed by atoms with E-state index in [9.17, 15) is 0 Å². The summed E-state index contributed by atoms with van der Waals surface area (Å²) in [5, 5.41) is 3.38. The summed E-state index contributed by atoms with van der Waals surface area (Å²) in [5.41, 5.74) is 2.40. The van der Waals surface area contributed by atoms with E-state index in [1.165, 1.54) is 21.2 Å². The highest BCUT2D eigenvalue weighted by Crippen LogP contribution is 2.26. The van der Waals surface area contributed by atoms with E-state index in [1.54, 1.807) is 11.3 Å². The fraction of sp³-hybridized carbons (Fsp3) is 0. The van der Waals surface area contributed by atoms with Crippen molar-refractivity contribution in [3.63, 3.8) is 0 Å². The molecule has 0 aliphatic rings. The summed E-state index contributed by atoms with van der Waals surface area (Å²) in [6, 6.07) is 20.2. The first-order chi connectivity index (χ1) is 7.43. The number of hydrogen-bond donors (Lipinski definition) is 0. The Morgan fingerprint density at radius 3 is 2.60 bits per heavy atom. The molecule has 1 heterocycles. The predicted octanol–water partition coefficient (Wildman–Crippen LogP) is 4.37. The molecule has 0 saturated heterocycles. The molecule has 71 valence electrons. The molecule has 15 heavy (non-hydrogen) atoms. The van der Waals surface area contributed by atoms with Crippen molar-refractivity contribution in [3.05, 3.63) is 60.0 Å². The summed E-state index contributed by atoms with van der Waals surface area (Å²) in [5.74, 6) is 0. The Labute approximate surface area is 92.8 Å². The van der Waals surface area contributed by atoms with Crippen molar-refractivity contribution < 1.29 is 0 Å². The van der Waals surface area contributed by atoms with Gasteiger partial charge in [0, 0.05) is 10.8 Å². The van der Waals surface area contributed by atoms with Crippen molar-refractivity contribution in [1.29, 1.82) is 0 Å². The SMILES string of the molecule is [c]1c(-c2ccccc2)ccc2ccsc12. The molecule has 0 atom stereocenters. The lowest BCUT2D eigenvalue weighted by molar-refractivity contribution is 1.65. The summed E-state index contributed by atoms with van der Waals surface area (Å²) in [6.07, 6.45) is 0. The van der Waals surface area contributed by atoms with Crippen LogP contribution in [0.4, 0.5) is 0 Å². The topological polar surface area (TPSA) is 0 Å². The highest BCUT2D eigenvalue weighted by atomic mass is 32.1. The zero-order valence-corrected chi connectivity index (χ0v) is 8.92. The molecule has 3 aromatic rings. The van der Waals surface area contributed by atoms with E-state index in [1.807, 2.05) is 6.07 Å². The minimum atomic E-state index is 1.17. The molecule has 0 unspecified atom stereocenters. The second-order valence-electron chi connectivity index (χ2n) is 3.44. The molecule has 1 radical (unpaired) electrons. The maximum atomic E-state index is 3.44. The molecule has 0 bridgehead atoms. The van der Waals surface area contributed by atoms with Gasteiger partial charge in [-0.05, 0) is 28.0 Å². The Morgan fingerprint density at radius 2 is 1.73 bits per heavy atom. The van der Waals surface area contributed by atoms with E-state index >= 15 is 0 Å². The van der Waals surface area contributed by atoms with Crippen LogP contribution in [-0.2, 0) is 0 Å². The van der Waals surface area contributed by atoms with Crippen molar-refractivity contribution in [3.8, 4) is 11.1 Å². The molecule has 0 aliphatic heterocycles. The minimum absolute atomic E-state index is 1.17. The number of hydrogen-bond acceptors (Lipinski definition) is 1. The van der Waals surface area contributed by atoms with Gasteiger partial charge in [-0.1, -0.05) is 42.5 Å². The van der Waals surface area contributed by atoms with Crippen LogP contribution in [0, 0.1) is 6.07 Å². The Hall–Kier alpha value is -1.60. The number of benzene rings is 2. The van der Waals surface area contributed by atoms with E-state index in [2.05, 4.69) is 53.9 Å². The Morgan fingerprint density at radius 1 is 0.867 bits per heavy atom. The smallest absolute Gasteiger partial charge is 0.0428 e. The van der Waals surface area contributed by atoms with Gasteiger partial charge < -0.3 is 0 Å². The van der Waals surface area contributed by atoms with Gasteiger partial charge in [-0.15, -0.1) is 11.3 Å².